The average Bonchev–Trinajstić information content (AvgIpc) is 2.39. The van der Waals surface area contributed by atoms with Crippen LogP contribution in [-0.2, 0) is 0 Å². The Morgan fingerprint density at radius 2 is 1.62 bits per heavy atom. The number of quaternary nitrogens is 1. The van der Waals surface area contributed by atoms with Crippen LogP contribution in [0.4, 0.5) is 0 Å². The topological polar surface area (TPSA) is 16.6 Å². The van der Waals surface area contributed by atoms with Crippen LogP contribution in [0.5, 0.6) is 0 Å². The number of hydrogen-bond acceptors (Lipinski definition) is 0. The number of hydrogen-bond donors (Lipinski definition) is 1. The van der Waals surface area contributed by atoms with Gasteiger partial charge in [0.2, 0.25) is 0 Å². The van der Waals surface area contributed by atoms with E-state index in [0.29, 0.717) is 0 Å². The molecule has 2 aromatic carbocycles. The second-order valence-corrected chi connectivity index (χ2v) is 4.71. The number of benzene rings is 2. The molecule has 1 heteroatoms. The molecular weight excluding hydrogens is 194 g/mol. The minimum absolute atomic E-state index is 0.774. The molecule has 0 aromatic heterocycles. The molecule has 3 rings (SSSR count). The molecule has 0 bridgehead atoms. The highest BCUT2D eigenvalue weighted by Crippen LogP contribution is 2.30. The highest BCUT2D eigenvalue weighted by atomic mass is 14.9. The first-order chi connectivity index (χ1) is 7.95. The lowest BCUT2D eigenvalue weighted by Gasteiger charge is -2.22. The van der Waals surface area contributed by atoms with Crippen molar-refractivity contribution in [3.63, 3.8) is 0 Å². The Balaban J connectivity index is 2.08. The maximum absolute atomic E-state index is 2.43. The van der Waals surface area contributed by atoms with Gasteiger partial charge in [-0.05, 0) is 22.3 Å². The van der Waals surface area contributed by atoms with Gasteiger partial charge in [-0.1, -0.05) is 42.5 Å². The Hall–Kier alpha value is -1.34. The van der Waals surface area contributed by atoms with Gasteiger partial charge in [-0.2, -0.15) is 0 Å². The van der Waals surface area contributed by atoms with Crippen LogP contribution in [-0.4, -0.2) is 13.1 Å². The molecule has 0 amide bonds. The van der Waals surface area contributed by atoms with Gasteiger partial charge in [0, 0.05) is 12.8 Å². The van der Waals surface area contributed by atoms with E-state index in [2.05, 4.69) is 47.8 Å². The van der Waals surface area contributed by atoms with Gasteiger partial charge >= 0.3 is 0 Å². The predicted octanol–water partition coefficient (Wildman–Crippen LogP) is 2.28. The van der Waals surface area contributed by atoms with E-state index in [0.717, 1.165) is 5.92 Å². The van der Waals surface area contributed by atoms with Crippen LogP contribution in [0.25, 0.3) is 10.8 Å². The molecule has 0 atom stereocenters. The molecule has 1 fully saturated rings. The molecule has 1 aliphatic rings. The van der Waals surface area contributed by atoms with Crippen molar-refractivity contribution in [2.75, 3.05) is 13.1 Å². The summed E-state index contributed by atoms with van der Waals surface area (Å²) in [4.78, 5) is 0. The van der Waals surface area contributed by atoms with Gasteiger partial charge in [-0.3, -0.25) is 0 Å². The lowest BCUT2D eigenvalue weighted by molar-refractivity contribution is -0.663. The summed E-state index contributed by atoms with van der Waals surface area (Å²) in [5.41, 5.74) is 1.56. The maximum Gasteiger partial charge on any atom is 0.0761 e. The first-order valence-electron chi connectivity index (χ1n) is 6.24. The summed E-state index contributed by atoms with van der Waals surface area (Å²) in [6.45, 7) is 2.57. The first-order valence-corrected chi connectivity index (χ1v) is 6.24. The Bertz CT molecular complexity index is 478. The molecule has 1 nitrogen and oxygen atoms in total. The van der Waals surface area contributed by atoms with Gasteiger partial charge in [0.05, 0.1) is 13.1 Å². The van der Waals surface area contributed by atoms with E-state index in [1.807, 2.05) is 0 Å². The smallest absolute Gasteiger partial charge is 0.0761 e. The van der Waals surface area contributed by atoms with Crippen molar-refractivity contribution < 1.29 is 5.32 Å². The largest absolute Gasteiger partial charge is 0.346 e. The third-order valence-corrected chi connectivity index (χ3v) is 3.70. The Labute approximate surface area is 96.5 Å². The SMILES string of the molecule is c1ccc2c(C3CC[NH2+]CC3)cccc2c1. The predicted molar refractivity (Wildman–Crippen MR) is 67.6 cm³/mol. The Morgan fingerprint density at radius 1 is 0.875 bits per heavy atom. The Morgan fingerprint density at radius 3 is 2.50 bits per heavy atom. The summed E-state index contributed by atoms with van der Waals surface area (Å²) in [6, 6.07) is 15.5. The molecule has 0 saturated carbocycles. The summed E-state index contributed by atoms with van der Waals surface area (Å²) in [6.07, 6.45) is 2.65. The Kier molecular flexibility index (Phi) is 2.63. The molecule has 0 unspecified atom stereocenters. The molecule has 1 aliphatic heterocycles. The van der Waals surface area contributed by atoms with Crippen LogP contribution in [0.1, 0.15) is 24.3 Å². The molecule has 0 aliphatic carbocycles. The minimum atomic E-state index is 0.774. The highest BCUT2D eigenvalue weighted by Gasteiger charge is 2.18. The standard InChI is InChI=1S/C15H17N/c1-2-6-14-12(4-1)5-3-7-15(14)13-8-10-16-11-9-13/h1-7,13,16H,8-11H2/p+1. The summed E-state index contributed by atoms with van der Waals surface area (Å²) in [5.74, 6) is 0.774. The van der Waals surface area contributed by atoms with E-state index < -0.39 is 0 Å². The molecule has 2 aromatic rings. The van der Waals surface area contributed by atoms with Crippen molar-refractivity contribution in [3.05, 3.63) is 48.0 Å². The molecule has 16 heavy (non-hydrogen) atoms. The maximum atomic E-state index is 2.43. The summed E-state index contributed by atoms with van der Waals surface area (Å²) in [5, 5.41) is 5.27. The van der Waals surface area contributed by atoms with Crippen LogP contribution < -0.4 is 5.32 Å². The van der Waals surface area contributed by atoms with E-state index in [1.165, 1.54) is 36.7 Å². The van der Waals surface area contributed by atoms with E-state index >= 15 is 0 Å². The van der Waals surface area contributed by atoms with Crippen molar-refractivity contribution in [1.29, 1.82) is 0 Å². The summed E-state index contributed by atoms with van der Waals surface area (Å²) in [7, 11) is 0. The van der Waals surface area contributed by atoms with Crippen LogP contribution in [0.2, 0.25) is 0 Å². The number of rotatable bonds is 1. The molecule has 1 heterocycles. The molecule has 2 N–H and O–H groups in total. The van der Waals surface area contributed by atoms with Crippen LogP contribution in [0.15, 0.2) is 42.5 Å². The number of fused-ring (bicyclic) bond motifs is 1. The van der Waals surface area contributed by atoms with E-state index in [-0.39, 0.29) is 0 Å². The average molecular weight is 212 g/mol. The summed E-state index contributed by atoms with van der Waals surface area (Å²) < 4.78 is 0. The van der Waals surface area contributed by atoms with Gasteiger partial charge in [0.25, 0.3) is 0 Å². The van der Waals surface area contributed by atoms with Crippen molar-refractivity contribution in [1.82, 2.24) is 0 Å². The molecule has 0 radical (unpaired) electrons. The summed E-state index contributed by atoms with van der Waals surface area (Å²) >= 11 is 0. The second-order valence-electron chi connectivity index (χ2n) is 4.71. The molecule has 82 valence electrons. The van der Waals surface area contributed by atoms with Crippen molar-refractivity contribution >= 4 is 10.8 Å². The normalized spacial score (nSPS) is 17.8. The lowest BCUT2D eigenvalue weighted by atomic mass is 9.87. The first kappa shape index (κ1) is 9.86. The van der Waals surface area contributed by atoms with Crippen molar-refractivity contribution in [3.8, 4) is 0 Å². The monoisotopic (exact) mass is 212 g/mol. The van der Waals surface area contributed by atoms with E-state index in [9.17, 15) is 0 Å². The third kappa shape index (κ3) is 1.72. The second kappa shape index (κ2) is 4.26. The quantitative estimate of drug-likeness (QED) is 0.747. The van der Waals surface area contributed by atoms with E-state index in [1.54, 1.807) is 5.56 Å². The fraction of sp³-hybridized carbons (Fsp3) is 0.333. The zero-order valence-corrected chi connectivity index (χ0v) is 9.52. The molecule has 0 spiro atoms. The zero-order valence-electron chi connectivity index (χ0n) is 9.52. The van der Waals surface area contributed by atoms with Gasteiger partial charge in [-0.25, -0.2) is 0 Å². The van der Waals surface area contributed by atoms with Crippen LogP contribution >= 0.6 is 0 Å². The van der Waals surface area contributed by atoms with Gasteiger partial charge in [0.1, 0.15) is 0 Å². The van der Waals surface area contributed by atoms with Crippen molar-refractivity contribution in [2.24, 2.45) is 0 Å². The number of piperidine rings is 1. The van der Waals surface area contributed by atoms with Gasteiger partial charge in [-0.15, -0.1) is 0 Å². The highest BCUT2D eigenvalue weighted by molar-refractivity contribution is 5.86. The van der Waals surface area contributed by atoms with Crippen molar-refractivity contribution in [2.45, 2.75) is 18.8 Å². The van der Waals surface area contributed by atoms with Crippen LogP contribution in [0, 0.1) is 0 Å². The zero-order chi connectivity index (χ0) is 10.8. The third-order valence-electron chi connectivity index (χ3n) is 3.70. The minimum Gasteiger partial charge on any atom is -0.346 e. The van der Waals surface area contributed by atoms with Gasteiger partial charge in [0.15, 0.2) is 0 Å². The molecular formula is C15H18N+. The van der Waals surface area contributed by atoms with Crippen LogP contribution in [0.3, 0.4) is 0 Å². The van der Waals surface area contributed by atoms with Gasteiger partial charge < -0.3 is 5.32 Å². The molecule has 1 saturated heterocycles. The van der Waals surface area contributed by atoms with E-state index in [4.69, 9.17) is 0 Å². The lowest BCUT2D eigenvalue weighted by Crippen LogP contribution is -2.86. The number of nitrogens with two attached hydrogens (primary N) is 1. The fourth-order valence-corrected chi connectivity index (χ4v) is 2.84. The fourth-order valence-electron chi connectivity index (χ4n) is 2.84.